The maximum Gasteiger partial charge on any atom is 0.315 e. The SMILES string of the molecule is CCC(C)C(O)CNC(=O)NC(C)c1ccc(C#N)cc1. The molecule has 2 amide bonds. The summed E-state index contributed by atoms with van der Waals surface area (Å²) in [5, 5.41) is 24.0. The van der Waals surface area contributed by atoms with E-state index in [-0.39, 0.29) is 24.5 Å². The van der Waals surface area contributed by atoms with Gasteiger partial charge in [0.25, 0.3) is 0 Å². The molecule has 0 saturated heterocycles. The zero-order chi connectivity index (χ0) is 15.8. The average molecular weight is 289 g/mol. The molecule has 21 heavy (non-hydrogen) atoms. The van der Waals surface area contributed by atoms with Crippen LogP contribution >= 0.6 is 0 Å². The van der Waals surface area contributed by atoms with Gasteiger partial charge in [-0.2, -0.15) is 5.26 Å². The Hall–Kier alpha value is -2.06. The number of benzene rings is 1. The molecule has 0 saturated carbocycles. The first-order chi connectivity index (χ1) is 9.97. The van der Waals surface area contributed by atoms with Crippen molar-refractivity contribution >= 4 is 6.03 Å². The van der Waals surface area contributed by atoms with E-state index in [0.717, 1.165) is 12.0 Å². The van der Waals surface area contributed by atoms with E-state index >= 15 is 0 Å². The predicted molar refractivity (Wildman–Crippen MR) is 81.6 cm³/mol. The highest BCUT2D eigenvalue weighted by atomic mass is 16.3. The van der Waals surface area contributed by atoms with Gasteiger partial charge in [0.1, 0.15) is 0 Å². The molecule has 3 unspecified atom stereocenters. The number of nitriles is 1. The number of hydrogen-bond acceptors (Lipinski definition) is 3. The molecule has 0 spiro atoms. The van der Waals surface area contributed by atoms with E-state index in [1.54, 1.807) is 12.1 Å². The molecule has 0 aliphatic heterocycles. The van der Waals surface area contributed by atoms with Crippen LogP contribution in [0, 0.1) is 17.2 Å². The summed E-state index contributed by atoms with van der Waals surface area (Å²) in [4.78, 5) is 11.8. The molecule has 5 heteroatoms. The summed E-state index contributed by atoms with van der Waals surface area (Å²) in [6.45, 7) is 6.05. The van der Waals surface area contributed by atoms with Crippen molar-refractivity contribution in [3.8, 4) is 6.07 Å². The zero-order valence-corrected chi connectivity index (χ0v) is 12.8. The van der Waals surface area contributed by atoms with E-state index in [1.807, 2.05) is 32.9 Å². The van der Waals surface area contributed by atoms with Crippen molar-refractivity contribution in [2.75, 3.05) is 6.54 Å². The highest BCUT2D eigenvalue weighted by Crippen LogP contribution is 2.13. The Balaban J connectivity index is 2.45. The molecule has 0 aromatic heterocycles. The summed E-state index contributed by atoms with van der Waals surface area (Å²) in [5.41, 5.74) is 1.51. The maximum absolute atomic E-state index is 11.8. The first kappa shape index (κ1) is 17.0. The highest BCUT2D eigenvalue weighted by molar-refractivity contribution is 5.74. The minimum absolute atomic E-state index is 0.154. The van der Waals surface area contributed by atoms with E-state index in [4.69, 9.17) is 5.26 Å². The quantitative estimate of drug-likeness (QED) is 0.751. The third-order valence-corrected chi connectivity index (χ3v) is 3.66. The molecule has 1 rings (SSSR count). The van der Waals surface area contributed by atoms with Gasteiger partial charge in [-0.1, -0.05) is 32.4 Å². The fourth-order valence-electron chi connectivity index (χ4n) is 1.85. The molecule has 0 fully saturated rings. The molecular weight excluding hydrogens is 266 g/mol. The van der Waals surface area contributed by atoms with Gasteiger partial charge in [-0.25, -0.2) is 4.79 Å². The smallest absolute Gasteiger partial charge is 0.315 e. The predicted octanol–water partition coefficient (Wildman–Crippen LogP) is 2.33. The van der Waals surface area contributed by atoms with Crippen LogP contribution in [0.15, 0.2) is 24.3 Å². The number of carbonyl (C=O) groups is 1. The van der Waals surface area contributed by atoms with Gasteiger partial charge < -0.3 is 15.7 Å². The Morgan fingerprint density at radius 1 is 1.33 bits per heavy atom. The van der Waals surface area contributed by atoms with Crippen LogP contribution in [0.2, 0.25) is 0 Å². The number of urea groups is 1. The van der Waals surface area contributed by atoms with Crippen molar-refractivity contribution < 1.29 is 9.90 Å². The summed E-state index contributed by atoms with van der Waals surface area (Å²) in [7, 11) is 0. The number of rotatable bonds is 6. The van der Waals surface area contributed by atoms with Crippen LogP contribution in [0.4, 0.5) is 4.79 Å². The van der Waals surface area contributed by atoms with Gasteiger partial charge in [-0.05, 0) is 30.5 Å². The van der Waals surface area contributed by atoms with Gasteiger partial charge in [0.05, 0.1) is 23.8 Å². The van der Waals surface area contributed by atoms with Crippen LogP contribution in [-0.2, 0) is 0 Å². The third-order valence-electron chi connectivity index (χ3n) is 3.66. The number of nitrogens with one attached hydrogen (secondary N) is 2. The van der Waals surface area contributed by atoms with E-state index in [1.165, 1.54) is 0 Å². The highest BCUT2D eigenvalue weighted by Gasteiger charge is 2.14. The molecule has 3 atom stereocenters. The summed E-state index contributed by atoms with van der Waals surface area (Å²) >= 11 is 0. The molecule has 0 heterocycles. The number of aliphatic hydroxyl groups is 1. The molecule has 1 aromatic rings. The first-order valence-electron chi connectivity index (χ1n) is 7.20. The van der Waals surface area contributed by atoms with Crippen LogP contribution in [0.5, 0.6) is 0 Å². The second-order valence-electron chi connectivity index (χ2n) is 5.26. The van der Waals surface area contributed by atoms with Gasteiger partial charge in [0.15, 0.2) is 0 Å². The number of nitrogens with zero attached hydrogens (tertiary/aromatic N) is 1. The minimum atomic E-state index is -0.536. The normalized spacial score (nSPS) is 14.6. The average Bonchev–Trinajstić information content (AvgIpc) is 2.51. The Bertz CT molecular complexity index is 493. The summed E-state index contributed by atoms with van der Waals surface area (Å²) in [5.74, 6) is 0.154. The lowest BCUT2D eigenvalue weighted by atomic mass is 10.0. The van der Waals surface area contributed by atoms with Gasteiger partial charge in [-0.15, -0.1) is 0 Å². The van der Waals surface area contributed by atoms with Crippen LogP contribution in [-0.4, -0.2) is 23.8 Å². The van der Waals surface area contributed by atoms with E-state index in [9.17, 15) is 9.90 Å². The Labute approximate surface area is 126 Å². The number of aliphatic hydroxyl groups excluding tert-OH is 1. The molecule has 1 aromatic carbocycles. The van der Waals surface area contributed by atoms with Gasteiger partial charge in [-0.3, -0.25) is 0 Å². The van der Waals surface area contributed by atoms with Crippen LogP contribution < -0.4 is 10.6 Å². The molecular formula is C16H23N3O2. The second kappa shape index (κ2) is 8.28. The van der Waals surface area contributed by atoms with Crippen LogP contribution in [0.3, 0.4) is 0 Å². The third kappa shape index (κ3) is 5.44. The Morgan fingerprint density at radius 2 is 1.95 bits per heavy atom. The molecule has 0 aliphatic rings. The first-order valence-corrected chi connectivity index (χ1v) is 7.20. The molecule has 0 aliphatic carbocycles. The van der Waals surface area contributed by atoms with Crippen molar-refractivity contribution in [2.24, 2.45) is 5.92 Å². The van der Waals surface area contributed by atoms with Crippen LogP contribution in [0.25, 0.3) is 0 Å². The molecule has 114 valence electrons. The summed E-state index contributed by atoms with van der Waals surface area (Å²) in [6, 6.07) is 8.65. The van der Waals surface area contributed by atoms with E-state index < -0.39 is 6.10 Å². The lowest BCUT2D eigenvalue weighted by molar-refractivity contribution is 0.114. The molecule has 0 radical (unpaired) electrons. The lowest BCUT2D eigenvalue weighted by Gasteiger charge is -2.19. The second-order valence-corrected chi connectivity index (χ2v) is 5.26. The monoisotopic (exact) mass is 289 g/mol. The van der Waals surface area contributed by atoms with Crippen molar-refractivity contribution in [3.05, 3.63) is 35.4 Å². The molecule has 5 nitrogen and oxygen atoms in total. The summed E-state index contributed by atoms with van der Waals surface area (Å²) < 4.78 is 0. The molecule has 3 N–H and O–H groups in total. The Morgan fingerprint density at radius 3 is 2.48 bits per heavy atom. The van der Waals surface area contributed by atoms with E-state index in [2.05, 4.69) is 16.7 Å². The minimum Gasteiger partial charge on any atom is -0.391 e. The maximum atomic E-state index is 11.8. The fourth-order valence-corrected chi connectivity index (χ4v) is 1.85. The standard InChI is InChI=1S/C16H23N3O2/c1-4-11(2)15(20)10-18-16(21)19-12(3)14-7-5-13(9-17)6-8-14/h5-8,11-12,15,20H,4,10H2,1-3H3,(H2,18,19,21). The van der Waals surface area contributed by atoms with E-state index in [0.29, 0.717) is 5.56 Å². The topological polar surface area (TPSA) is 85.2 Å². The van der Waals surface area contributed by atoms with Gasteiger partial charge in [0, 0.05) is 6.54 Å². The van der Waals surface area contributed by atoms with Crippen LogP contribution in [0.1, 0.15) is 44.4 Å². The Kier molecular flexibility index (Phi) is 6.70. The van der Waals surface area contributed by atoms with Crippen molar-refractivity contribution in [2.45, 2.75) is 39.3 Å². The largest absolute Gasteiger partial charge is 0.391 e. The molecule has 0 bridgehead atoms. The number of carbonyl (C=O) groups excluding carboxylic acids is 1. The number of amides is 2. The zero-order valence-electron chi connectivity index (χ0n) is 12.8. The van der Waals surface area contributed by atoms with Crippen molar-refractivity contribution in [1.82, 2.24) is 10.6 Å². The lowest BCUT2D eigenvalue weighted by Crippen LogP contribution is -2.42. The van der Waals surface area contributed by atoms with Gasteiger partial charge in [0.2, 0.25) is 0 Å². The summed E-state index contributed by atoms with van der Waals surface area (Å²) in [6.07, 6.45) is 0.331. The van der Waals surface area contributed by atoms with Crippen molar-refractivity contribution in [3.63, 3.8) is 0 Å². The van der Waals surface area contributed by atoms with Gasteiger partial charge >= 0.3 is 6.03 Å². The number of hydrogen-bond donors (Lipinski definition) is 3. The fraction of sp³-hybridized carbons (Fsp3) is 0.500. The van der Waals surface area contributed by atoms with Crippen molar-refractivity contribution in [1.29, 1.82) is 5.26 Å².